The standard InChI is InChI=1S/C24H37N3O6S/c1-16-13-27(17(2)15-28)24(30)20-12-19(25-23(29)18-8-6-5-7-9-18)10-11-21(20)33-22(16)14-26(3)34(4,31)32/h10-12,16-18,22,28H,5-9,13-15H2,1-4H3,(H,25,29)/t16-,17-,22-/m0/s1. The zero-order chi connectivity index (χ0) is 25.0. The van der Waals surface area contributed by atoms with Crippen LogP contribution >= 0.6 is 0 Å². The molecular weight excluding hydrogens is 458 g/mol. The van der Waals surface area contributed by atoms with Crippen molar-refractivity contribution in [2.24, 2.45) is 11.8 Å². The van der Waals surface area contributed by atoms with Gasteiger partial charge in [0, 0.05) is 31.1 Å². The van der Waals surface area contributed by atoms with Crippen LogP contribution < -0.4 is 10.1 Å². The minimum atomic E-state index is -3.42. The van der Waals surface area contributed by atoms with E-state index in [0.29, 0.717) is 18.0 Å². The number of aliphatic hydroxyl groups excluding tert-OH is 1. The van der Waals surface area contributed by atoms with E-state index in [1.165, 1.54) is 11.4 Å². The van der Waals surface area contributed by atoms with Gasteiger partial charge in [0.05, 0.1) is 31.0 Å². The van der Waals surface area contributed by atoms with E-state index in [9.17, 15) is 23.1 Å². The second-order valence-electron chi connectivity index (χ2n) is 9.70. The SMILES string of the molecule is C[C@H]1CN([C@@H](C)CO)C(=O)c2cc(NC(=O)C3CCCCC3)ccc2O[C@H]1CN(C)S(C)(=O)=O. The molecule has 0 spiro atoms. The lowest BCUT2D eigenvalue weighted by molar-refractivity contribution is -0.120. The second kappa shape index (κ2) is 11.0. The van der Waals surface area contributed by atoms with Crippen molar-refractivity contribution in [2.75, 3.05) is 38.3 Å². The monoisotopic (exact) mass is 495 g/mol. The Morgan fingerprint density at radius 3 is 2.59 bits per heavy atom. The van der Waals surface area contributed by atoms with Gasteiger partial charge in [-0.1, -0.05) is 26.2 Å². The van der Waals surface area contributed by atoms with Gasteiger partial charge in [0.1, 0.15) is 11.9 Å². The van der Waals surface area contributed by atoms with Crippen molar-refractivity contribution in [1.29, 1.82) is 0 Å². The third-order valence-electron chi connectivity index (χ3n) is 6.91. The number of sulfonamides is 1. The van der Waals surface area contributed by atoms with Crippen molar-refractivity contribution >= 4 is 27.5 Å². The Balaban J connectivity index is 1.92. The summed E-state index contributed by atoms with van der Waals surface area (Å²) in [6.45, 7) is 3.87. The summed E-state index contributed by atoms with van der Waals surface area (Å²) in [6.07, 6.45) is 5.61. The normalized spacial score (nSPS) is 23.0. The summed E-state index contributed by atoms with van der Waals surface area (Å²) in [5, 5.41) is 12.7. The van der Waals surface area contributed by atoms with Crippen molar-refractivity contribution in [3.63, 3.8) is 0 Å². The highest BCUT2D eigenvalue weighted by Gasteiger charge is 2.34. The predicted molar refractivity (Wildman–Crippen MR) is 130 cm³/mol. The van der Waals surface area contributed by atoms with Crippen molar-refractivity contribution in [3.05, 3.63) is 23.8 Å². The molecule has 1 aliphatic heterocycles. The fourth-order valence-corrected chi connectivity index (χ4v) is 4.93. The first-order chi connectivity index (χ1) is 16.0. The molecule has 1 aromatic rings. The van der Waals surface area contributed by atoms with E-state index in [1.807, 2.05) is 6.92 Å². The molecule has 1 fully saturated rings. The summed E-state index contributed by atoms with van der Waals surface area (Å²) >= 11 is 0. The van der Waals surface area contributed by atoms with Crippen LogP contribution in [0.1, 0.15) is 56.3 Å². The Labute approximate surface area is 202 Å². The van der Waals surface area contributed by atoms with E-state index in [-0.39, 0.29) is 42.4 Å². The molecule has 34 heavy (non-hydrogen) atoms. The third kappa shape index (κ3) is 6.28. The summed E-state index contributed by atoms with van der Waals surface area (Å²) in [6, 6.07) is 4.53. The van der Waals surface area contributed by atoms with Crippen LogP contribution in [0.2, 0.25) is 0 Å². The van der Waals surface area contributed by atoms with Gasteiger partial charge >= 0.3 is 0 Å². The molecule has 0 aromatic heterocycles. The molecule has 2 amide bonds. The van der Waals surface area contributed by atoms with Gasteiger partial charge in [0.2, 0.25) is 15.9 Å². The number of likely N-dealkylation sites (N-methyl/N-ethyl adjacent to an activating group) is 1. The number of anilines is 1. The van der Waals surface area contributed by atoms with Crippen LogP contribution in [0.4, 0.5) is 5.69 Å². The minimum absolute atomic E-state index is 0.0228. The van der Waals surface area contributed by atoms with E-state index < -0.39 is 22.2 Å². The number of nitrogens with zero attached hydrogens (tertiary/aromatic N) is 2. The molecule has 10 heteroatoms. The molecule has 0 unspecified atom stereocenters. The van der Waals surface area contributed by atoms with Crippen molar-refractivity contribution in [1.82, 2.24) is 9.21 Å². The van der Waals surface area contributed by atoms with Gasteiger partial charge < -0.3 is 20.1 Å². The first-order valence-corrected chi connectivity index (χ1v) is 13.8. The van der Waals surface area contributed by atoms with E-state index in [1.54, 1.807) is 30.0 Å². The summed E-state index contributed by atoms with van der Waals surface area (Å²) < 4.78 is 31.4. The molecule has 9 nitrogen and oxygen atoms in total. The van der Waals surface area contributed by atoms with Crippen LogP contribution in [0, 0.1) is 11.8 Å². The summed E-state index contributed by atoms with van der Waals surface area (Å²) in [7, 11) is -1.92. The minimum Gasteiger partial charge on any atom is -0.488 e. The number of fused-ring (bicyclic) bond motifs is 1. The van der Waals surface area contributed by atoms with E-state index in [0.717, 1.165) is 38.4 Å². The maximum Gasteiger partial charge on any atom is 0.258 e. The molecule has 2 N–H and O–H groups in total. The Morgan fingerprint density at radius 1 is 1.29 bits per heavy atom. The zero-order valence-corrected chi connectivity index (χ0v) is 21.3. The molecule has 0 bridgehead atoms. The number of carbonyl (C=O) groups excluding carboxylic acids is 2. The van der Waals surface area contributed by atoms with Crippen LogP contribution in [-0.4, -0.2) is 79.7 Å². The van der Waals surface area contributed by atoms with E-state index >= 15 is 0 Å². The number of rotatable bonds is 7. The maximum absolute atomic E-state index is 13.5. The van der Waals surface area contributed by atoms with E-state index in [2.05, 4.69) is 5.32 Å². The van der Waals surface area contributed by atoms with Gasteiger partial charge in [0.15, 0.2) is 0 Å². The summed E-state index contributed by atoms with van der Waals surface area (Å²) in [5.74, 6) is -0.228. The highest BCUT2D eigenvalue weighted by molar-refractivity contribution is 7.88. The van der Waals surface area contributed by atoms with Gasteiger partial charge in [-0.25, -0.2) is 12.7 Å². The molecule has 190 valence electrons. The molecule has 1 aliphatic carbocycles. The molecule has 0 radical (unpaired) electrons. The zero-order valence-electron chi connectivity index (χ0n) is 20.5. The van der Waals surface area contributed by atoms with Gasteiger partial charge in [-0.2, -0.15) is 0 Å². The Bertz CT molecular complexity index is 992. The molecule has 0 saturated heterocycles. The summed E-state index contributed by atoms with van der Waals surface area (Å²) in [4.78, 5) is 27.8. The molecular formula is C24H37N3O6S. The topological polar surface area (TPSA) is 116 Å². The summed E-state index contributed by atoms with van der Waals surface area (Å²) in [5.41, 5.74) is 0.793. The largest absolute Gasteiger partial charge is 0.488 e. The highest BCUT2D eigenvalue weighted by atomic mass is 32.2. The van der Waals surface area contributed by atoms with Crippen LogP contribution in [0.25, 0.3) is 0 Å². The third-order valence-corrected chi connectivity index (χ3v) is 8.19. The molecule has 2 aliphatic rings. The smallest absolute Gasteiger partial charge is 0.258 e. The molecule has 3 atom stereocenters. The molecule has 1 heterocycles. The van der Waals surface area contributed by atoms with Crippen molar-refractivity contribution in [2.45, 2.75) is 58.1 Å². The predicted octanol–water partition coefficient (Wildman–Crippen LogP) is 2.32. The average molecular weight is 496 g/mol. The van der Waals surface area contributed by atoms with Crippen molar-refractivity contribution < 1.29 is 27.9 Å². The van der Waals surface area contributed by atoms with Gasteiger partial charge in [0.25, 0.3) is 5.91 Å². The molecule has 1 saturated carbocycles. The lowest BCUT2D eigenvalue weighted by atomic mass is 9.88. The second-order valence-corrected chi connectivity index (χ2v) is 11.8. The Kier molecular flexibility index (Phi) is 8.59. The van der Waals surface area contributed by atoms with Gasteiger partial charge in [-0.3, -0.25) is 9.59 Å². The number of benzene rings is 1. The molecule has 1 aromatic carbocycles. The van der Waals surface area contributed by atoms with Crippen LogP contribution in [0.5, 0.6) is 5.75 Å². The Morgan fingerprint density at radius 2 is 1.97 bits per heavy atom. The van der Waals surface area contributed by atoms with Gasteiger partial charge in [-0.15, -0.1) is 0 Å². The number of ether oxygens (including phenoxy) is 1. The highest BCUT2D eigenvalue weighted by Crippen LogP contribution is 2.32. The number of amides is 2. The lowest BCUT2D eigenvalue weighted by Gasteiger charge is -2.38. The number of carbonyl (C=O) groups is 2. The quantitative estimate of drug-likeness (QED) is 0.600. The fraction of sp³-hybridized carbons (Fsp3) is 0.667. The number of nitrogens with one attached hydrogen (secondary N) is 1. The van der Waals surface area contributed by atoms with Crippen LogP contribution in [0.15, 0.2) is 18.2 Å². The first kappa shape index (κ1) is 26.4. The lowest BCUT2D eigenvalue weighted by Crippen LogP contribution is -2.50. The Hall–Kier alpha value is -2.17. The number of hydrogen-bond acceptors (Lipinski definition) is 6. The molecule has 3 rings (SSSR count). The van der Waals surface area contributed by atoms with Crippen LogP contribution in [0.3, 0.4) is 0 Å². The number of hydrogen-bond donors (Lipinski definition) is 2. The van der Waals surface area contributed by atoms with E-state index in [4.69, 9.17) is 4.74 Å². The van der Waals surface area contributed by atoms with Gasteiger partial charge in [-0.05, 0) is 38.0 Å². The first-order valence-electron chi connectivity index (χ1n) is 12.0. The fourth-order valence-electron chi connectivity index (χ4n) is 4.52. The maximum atomic E-state index is 13.5. The number of aliphatic hydroxyl groups is 1. The average Bonchev–Trinajstić information content (AvgIpc) is 2.81. The van der Waals surface area contributed by atoms with Crippen LogP contribution in [-0.2, 0) is 14.8 Å². The van der Waals surface area contributed by atoms with Crippen molar-refractivity contribution in [3.8, 4) is 5.75 Å².